The van der Waals surface area contributed by atoms with E-state index in [0.717, 1.165) is 10.3 Å². The van der Waals surface area contributed by atoms with Gasteiger partial charge in [-0.15, -0.1) is 0 Å². The topological polar surface area (TPSA) is 66.5 Å². The van der Waals surface area contributed by atoms with Crippen molar-refractivity contribution in [3.05, 3.63) is 23.1 Å². The lowest BCUT2D eigenvalue weighted by molar-refractivity contribution is 1.11. The van der Waals surface area contributed by atoms with E-state index in [0.29, 0.717) is 11.6 Å². The van der Waals surface area contributed by atoms with Gasteiger partial charge in [0.25, 0.3) is 0 Å². The van der Waals surface area contributed by atoms with Crippen molar-refractivity contribution in [1.29, 1.82) is 0 Å². The molecule has 14 heavy (non-hydrogen) atoms. The van der Waals surface area contributed by atoms with Crippen LogP contribution in [0.5, 0.6) is 0 Å². The molecule has 6 heteroatoms. The molecule has 2 aromatic heterocycles. The number of halogens is 1. The van der Waals surface area contributed by atoms with Crippen molar-refractivity contribution >= 4 is 21.7 Å². The molecule has 2 rings (SSSR count). The molecular weight excluding hydrogens is 246 g/mol. The highest BCUT2D eigenvalue weighted by molar-refractivity contribution is 9.10. The molecule has 0 unspecified atom stereocenters. The fourth-order valence-corrected chi connectivity index (χ4v) is 1.43. The van der Waals surface area contributed by atoms with Gasteiger partial charge in [-0.3, -0.25) is 0 Å². The van der Waals surface area contributed by atoms with Gasteiger partial charge >= 0.3 is 0 Å². The molecule has 0 radical (unpaired) electrons. The fourth-order valence-electron chi connectivity index (χ4n) is 1.04. The summed E-state index contributed by atoms with van der Waals surface area (Å²) in [6, 6.07) is 0. The first-order valence-corrected chi connectivity index (χ1v) is 4.80. The second-order valence-corrected chi connectivity index (χ2v) is 3.43. The van der Waals surface area contributed by atoms with E-state index in [-0.39, 0.29) is 0 Å². The van der Waals surface area contributed by atoms with Crippen LogP contribution in [0.1, 0.15) is 0 Å². The highest BCUT2D eigenvalue weighted by Gasteiger charge is 2.06. The molecule has 0 saturated carbocycles. The summed E-state index contributed by atoms with van der Waals surface area (Å²) >= 11 is 3.34. The van der Waals surface area contributed by atoms with Crippen molar-refractivity contribution in [2.45, 2.75) is 0 Å². The van der Waals surface area contributed by atoms with E-state index >= 15 is 0 Å². The van der Waals surface area contributed by atoms with Gasteiger partial charge < -0.3 is 10.3 Å². The van der Waals surface area contributed by atoms with Crippen LogP contribution >= 0.6 is 15.9 Å². The summed E-state index contributed by atoms with van der Waals surface area (Å²) < 4.78 is 0.829. The van der Waals surface area contributed by atoms with Crippen LogP contribution in [-0.2, 0) is 0 Å². The number of imidazole rings is 1. The van der Waals surface area contributed by atoms with Crippen LogP contribution in [0.25, 0.3) is 11.6 Å². The van der Waals surface area contributed by atoms with Crippen LogP contribution in [0.4, 0.5) is 5.82 Å². The van der Waals surface area contributed by atoms with Gasteiger partial charge in [-0.1, -0.05) is 0 Å². The maximum atomic E-state index is 4.27. The molecule has 2 N–H and O–H groups in total. The molecule has 0 bridgehead atoms. The van der Waals surface area contributed by atoms with Crippen LogP contribution in [-0.4, -0.2) is 27.0 Å². The van der Waals surface area contributed by atoms with Gasteiger partial charge in [0.2, 0.25) is 0 Å². The molecule has 0 amide bonds. The summed E-state index contributed by atoms with van der Waals surface area (Å²) in [6.45, 7) is 0. The summed E-state index contributed by atoms with van der Waals surface area (Å²) in [6.07, 6.45) is 5.09. The Labute approximate surface area is 89.1 Å². The minimum atomic E-state index is 0.572. The van der Waals surface area contributed by atoms with Crippen LogP contribution in [0.3, 0.4) is 0 Å². The number of anilines is 1. The first-order chi connectivity index (χ1) is 6.81. The molecule has 5 nitrogen and oxygen atoms in total. The zero-order valence-corrected chi connectivity index (χ0v) is 9.04. The number of hydrogen-bond donors (Lipinski definition) is 2. The number of nitrogens with zero attached hydrogens (tertiary/aromatic N) is 3. The lowest BCUT2D eigenvalue weighted by Gasteiger charge is -2.02. The third-order valence-corrected chi connectivity index (χ3v) is 2.27. The highest BCUT2D eigenvalue weighted by atomic mass is 79.9. The molecular formula is C8H8BrN5. The van der Waals surface area contributed by atoms with Crippen molar-refractivity contribution in [1.82, 2.24) is 19.9 Å². The summed E-state index contributed by atoms with van der Waals surface area (Å²) in [7, 11) is 1.80. The molecule has 2 aromatic rings. The van der Waals surface area contributed by atoms with Crippen LogP contribution < -0.4 is 5.32 Å². The standard InChI is InChI=1S/C8H8BrN5/c1-10-6-5(9)4-13-8(14-6)7-11-2-3-12-7/h2-4H,1H3,(H,11,12)(H,10,13,14). The Bertz CT molecular complexity index is 425. The van der Waals surface area contributed by atoms with Crippen LogP contribution in [0.15, 0.2) is 23.1 Å². The quantitative estimate of drug-likeness (QED) is 0.855. The second kappa shape index (κ2) is 3.75. The third-order valence-electron chi connectivity index (χ3n) is 1.69. The summed E-state index contributed by atoms with van der Waals surface area (Å²) in [4.78, 5) is 15.4. The van der Waals surface area contributed by atoms with E-state index in [1.54, 1.807) is 25.6 Å². The zero-order valence-electron chi connectivity index (χ0n) is 7.45. The smallest absolute Gasteiger partial charge is 0.197 e. The lowest BCUT2D eigenvalue weighted by atomic mass is 10.5. The first-order valence-electron chi connectivity index (χ1n) is 4.01. The van der Waals surface area contributed by atoms with Gasteiger partial charge in [0.05, 0.1) is 4.47 Å². The van der Waals surface area contributed by atoms with E-state index in [1.807, 2.05) is 0 Å². The van der Waals surface area contributed by atoms with E-state index in [9.17, 15) is 0 Å². The molecule has 0 fully saturated rings. The molecule has 0 atom stereocenters. The largest absolute Gasteiger partial charge is 0.372 e. The fraction of sp³-hybridized carbons (Fsp3) is 0.125. The van der Waals surface area contributed by atoms with Gasteiger partial charge in [0.15, 0.2) is 11.6 Å². The van der Waals surface area contributed by atoms with Gasteiger partial charge in [-0.05, 0) is 15.9 Å². The van der Waals surface area contributed by atoms with Crippen molar-refractivity contribution in [3.8, 4) is 11.6 Å². The van der Waals surface area contributed by atoms with Crippen molar-refractivity contribution in [2.75, 3.05) is 12.4 Å². The maximum Gasteiger partial charge on any atom is 0.197 e. The molecule has 0 aliphatic rings. The summed E-state index contributed by atoms with van der Waals surface area (Å²) in [5, 5.41) is 2.96. The maximum absolute atomic E-state index is 4.27. The predicted octanol–water partition coefficient (Wildman–Crippen LogP) is 1.67. The minimum absolute atomic E-state index is 0.572. The molecule has 0 aliphatic carbocycles. The highest BCUT2D eigenvalue weighted by Crippen LogP contribution is 2.20. The van der Waals surface area contributed by atoms with Gasteiger partial charge in [-0.2, -0.15) is 0 Å². The van der Waals surface area contributed by atoms with Gasteiger partial charge in [-0.25, -0.2) is 15.0 Å². The number of rotatable bonds is 2. The van der Waals surface area contributed by atoms with E-state index in [2.05, 4.69) is 41.2 Å². The molecule has 2 heterocycles. The predicted molar refractivity (Wildman–Crippen MR) is 56.9 cm³/mol. The average molecular weight is 254 g/mol. The molecule has 0 aromatic carbocycles. The number of aromatic amines is 1. The van der Waals surface area contributed by atoms with Crippen molar-refractivity contribution in [2.24, 2.45) is 0 Å². The Hall–Kier alpha value is -1.43. The minimum Gasteiger partial charge on any atom is -0.372 e. The van der Waals surface area contributed by atoms with E-state index < -0.39 is 0 Å². The van der Waals surface area contributed by atoms with E-state index in [1.165, 1.54) is 0 Å². The molecule has 0 aliphatic heterocycles. The Morgan fingerprint density at radius 3 is 2.93 bits per heavy atom. The molecule has 72 valence electrons. The normalized spacial score (nSPS) is 10.1. The monoisotopic (exact) mass is 253 g/mol. The Morgan fingerprint density at radius 1 is 1.43 bits per heavy atom. The van der Waals surface area contributed by atoms with Gasteiger partial charge in [0, 0.05) is 25.6 Å². The summed E-state index contributed by atoms with van der Waals surface area (Å²) in [5.74, 6) is 1.97. The zero-order chi connectivity index (χ0) is 9.97. The molecule has 0 spiro atoms. The molecule has 0 saturated heterocycles. The van der Waals surface area contributed by atoms with Gasteiger partial charge in [0.1, 0.15) is 5.82 Å². The number of aromatic nitrogens is 4. The average Bonchev–Trinajstić information content (AvgIpc) is 2.71. The number of nitrogens with one attached hydrogen (secondary N) is 2. The van der Waals surface area contributed by atoms with Crippen LogP contribution in [0, 0.1) is 0 Å². The van der Waals surface area contributed by atoms with E-state index in [4.69, 9.17) is 0 Å². The lowest BCUT2D eigenvalue weighted by Crippen LogP contribution is -1.98. The SMILES string of the molecule is CNc1nc(-c2ncc[nH]2)ncc1Br. The van der Waals surface area contributed by atoms with Crippen molar-refractivity contribution in [3.63, 3.8) is 0 Å². The number of hydrogen-bond acceptors (Lipinski definition) is 4. The third kappa shape index (κ3) is 1.60. The number of H-pyrrole nitrogens is 1. The second-order valence-electron chi connectivity index (χ2n) is 2.58. The van der Waals surface area contributed by atoms with Crippen LogP contribution in [0.2, 0.25) is 0 Å². The Morgan fingerprint density at radius 2 is 2.29 bits per heavy atom. The van der Waals surface area contributed by atoms with Crippen molar-refractivity contribution < 1.29 is 0 Å². The summed E-state index contributed by atoms with van der Waals surface area (Å²) in [5.41, 5.74) is 0. The Balaban J connectivity index is 2.46. The Kier molecular flexibility index (Phi) is 2.45. The first kappa shape index (κ1) is 9.14.